The van der Waals surface area contributed by atoms with Crippen LogP contribution in [-0.4, -0.2) is 35.2 Å². The molecule has 0 atom stereocenters. The van der Waals surface area contributed by atoms with Crippen LogP contribution in [0.1, 0.15) is 288 Å². The van der Waals surface area contributed by atoms with Crippen LogP contribution in [0.3, 0.4) is 0 Å². The standard InChI is InChI=1S/C29H33NS.C28H31NS.C27H29NS.C26H27NS.C25H24FNS/c1-29(2,3)24-17-8-9-18-25(24)30(4)26-19-11-16-23-22-15-10-14-21(27(22)31-28(23)26)20-12-6-5-7-13-20;1-19(2)21-13-7-8-17-25(21)29(3)26-18-10-16-24-23-15-9-14-22(27(23)30-28(24)26)20-11-5-4-6-12-20;1-3-19-11-7-8-17-24(19)28(2)25-18-10-16-23-22-15-9-14-21(26(22)29-27(23)25)20-12-5-4-6-13-20;1-18-10-6-7-16-23(18)27(2)24-17-9-15-22-21-14-8-13-20(25(21)28-26(22)24)19-11-4-3-5-12-19;1-27(22-15-6-5-14-21(22)26)23-16-8-13-20-19-12-7-11-18(24(19)28-25(20)23)17-9-3-2-4-10-17/h8-11,14-20H,5-7,12-13H2,1-4H3;7-10,13-20H,4-6,11-12H2,1-3H3;7-11,14-18,20H,3-6,12-13H2,1-2H3;6-10,13-17,19H,3-5,11-12H2,1-2H3;5-8,11-17H,2-4,9-10H2,1H3. The van der Waals surface area contributed by atoms with Gasteiger partial charge < -0.3 is 24.5 Å². The summed E-state index contributed by atoms with van der Waals surface area (Å²) in [7, 11) is 10.8. The molecule has 5 aromatic heterocycles. The Balaban J connectivity index is 0.000000107. The van der Waals surface area contributed by atoms with Crippen LogP contribution >= 0.6 is 56.7 Å². The lowest BCUT2D eigenvalue weighted by atomic mass is 9.84. The number of fused-ring (bicyclic) bond motifs is 15. The average molecular weight is 2020 g/mol. The highest BCUT2D eigenvalue weighted by molar-refractivity contribution is 7.28. The number of rotatable bonds is 17. The normalized spacial score (nSPS) is 15.4. The summed E-state index contributed by atoms with van der Waals surface area (Å²) in [6, 6.07) is 111. The molecule has 5 heterocycles. The molecule has 25 rings (SSSR count). The maximum Gasteiger partial charge on any atom is 0.146 e. The number of halogens is 1. The van der Waals surface area contributed by atoms with Crippen molar-refractivity contribution in [2.24, 2.45) is 0 Å². The number of anilines is 10. The van der Waals surface area contributed by atoms with Gasteiger partial charge in [-0.15, -0.1) is 56.7 Å². The van der Waals surface area contributed by atoms with E-state index in [9.17, 15) is 4.39 Å². The quantitative estimate of drug-likeness (QED) is 0.0900. The minimum absolute atomic E-state index is 0.104. The molecule has 146 heavy (non-hydrogen) atoms. The predicted molar refractivity (Wildman–Crippen MR) is 645 cm³/mol. The second kappa shape index (κ2) is 44.8. The molecule has 0 unspecified atom stereocenters. The third-order valence-corrected chi connectivity index (χ3v) is 39.6. The van der Waals surface area contributed by atoms with Crippen LogP contribution in [0.15, 0.2) is 303 Å². The van der Waals surface area contributed by atoms with Gasteiger partial charge in [-0.1, -0.05) is 374 Å². The Bertz CT molecular complexity index is 7820. The Morgan fingerprint density at radius 1 is 0.247 bits per heavy atom. The molecule has 0 amide bonds. The molecule has 0 bridgehead atoms. The molecule has 0 spiro atoms. The molecule has 0 aliphatic heterocycles. The van der Waals surface area contributed by atoms with E-state index in [1.165, 1.54) is 341 Å². The first-order valence-corrected chi connectivity index (χ1v) is 58.9. The lowest BCUT2D eigenvalue weighted by Crippen LogP contribution is -2.19. The van der Waals surface area contributed by atoms with E-state index in [1.807, 2.05) is 80.8 Å². The van der Waals surface area contributed by atoms with Crippen molar-refractivity contribution in [3.8, 4) is 0 Å². The Morgan fingerprint density at radius 3 is 0.788 bits per heavy atom. The highest BCUT2D eigenvalue weighted by Crippen LogP contribution is 2.55. The molecule has 20 aromatic rings. The van der Waals surface area contributed by atoms with Crippen LogP contribution in [0.4, 0.5) is 61.3 Å². The minimum Gasteiger partial charge on any atom is -0.343 e. The first kappa shape index (κ1) is 100. The minimum atomic E-state index is -0.189. The zero-order chi connectivity index (χ0) is 100. The molecular formula is C135H144FN5S5. The molecule has 746 valence electrons. The highest BCUT2D eigenvalue weighted by Gasteiger charge is 2.31. The second-order valence-corrected chi connectivity index (χ2v) is 48.7. The Labute approximate surface area is 886 Å². The van der Waals surface area contributed by atoms with Crippen LogP contribution in [0.2, 0.25) is 0 Å². The summed E-state index contributed by atoms with van der Waals surface area (Å²) in [6.45, 7) is 15.9. The summed E-state index contributed by atoms with van der Waals surface area (Å²) in [5.41, 5.74) is 25.6. The first-order chi connectivity index (χ1) is 71.3. The number of aryl methyl sites for hydroxylation is 2. The number of hydrogen-bond donors (Lipinski definition) is 0. The Morgan fingerprint density at radius 2 is 0.479 bits per heavy atom. The van der Waals surface area contributed by atoms with Gasteiger partial charge in [0, 0.05) is 135 Å². The molecule has 0 N–H and O–H groups in total. The van der Waals surface area contributed by atoms with Gasteiger partial charge in [-0.2, -0.15) is 0 Å². The van der Waals surface area contributed by atoms with E-state index >= 15 is 0 Å². The maximum absolute atomic E-state index is 14.4. The maximum atomic E-state index is 14.4. The van der Waals surface area contributed by atoms with Crippen LogP contribution in [0.5, 0.6) is 0 Å². The van der Waals surface area contributed by atoms with Gasteiger partial charge in [0.2, 0.25) is 0 Å². The van der Waals surface area contributed by atoms with Crippen molar-refractivity contribution in [3.05, 3.63) is 359 Å². The van der Waals surface area contributed by atoms with Gasteiger partial charge in [0.25, 0.3) is 0 Å². The lowest BCUT2D eigenvalue weighted by Gasteiger charge is -2.29. The Hall–Kier alpha value is -11.7. The molecule has 5 fully saturated rings. The van der Waals surface area contributed by atoms with Crippen LogP contribution < -0.4 is 24.5 Å². The summed E-state index contributed by atoms with van der Waals surface area (Å²) >= 11 is 9.88. The van der Waals surface area contributed by atoms with E-state index in [2.05, 4.69) is 375 Å². The predicted octanol–water partition coefficient (Wildman–Crippen LogP) is 42.8. The number of benzene rings is 15. The van der Waals surface area contributed by atoms with Gasteiger partial charge in [0.05, 0.1) is 57.6 Å². The van der Waals surface area contributed by atoms with Gasteiger partial charge in [-0.05, 0) is 235 Å². The van der Waals surface area contributed by atoms with E-state index in [-0.39, 0.29) is 11.2 Å². The monoisotopic (exact) mass is 2010 g/mol. The molecule has 5 saturated carbocycles. The van der Waals surface area contributed by atoms with Crippen molar-refractivity contribution >= 4 is 214 Å². The fraction of sp³-hybridized carbons (Fsp3) is 0.333. The highest BCUT2D eigenvalue weighted by atomic mass is 32.1. The summed E-state index contributed by atoms with van der Waals surface area (Å²) in [6.07, 6.45) is 35.2. The smallest absolute Gasteiger partial charge is 0.146 e. The van der Waals surface area contributed by atoms with Crippen LogP contribution in [0, 0.1) is 12.7 Å². The molecule has 5 nitrogen and oxygen atoms in total. The van der Waals surface area contributed by atoms with E-state index < -0.39 is 0 Å². The van der Waals surface area contributed by atoms with Gasteiger partial charge in [-0.3, -0.25) is 0 Å². The largest absolute Gasteiger partial charge is 0.343 e. The van der Waals surface area contributed by atoms with Gasteiger partial charge >= 0.3 is 0 Å². The molecule has 0 saturated heterocycles. The summed E-state index contributed by atoms with van der Waals surface area (Å²) in [5, 5.41) is 14.0. The Kier molecular flexibility index (Phi) is 30.8. The van der Waals surface area contributed by atoms with Crippen molar-refractivity contribution in [2.75, 3.05) is 59.7 Å². The zero-order valence-corrected chi connectivity index (χ0v) is 92.0. The number of para-hydroxylation sites is 5. The molecule has 0 radical (unpaired) electrons. The van der Waals surface area contributed by atoms with Crippen molar-refractivity contribution in [1.82, 2.24) is 0 Å². The number of thiophene rings is 5. The van der Waals surface area contributed by atoms with Crippen molar-refractivity contribution < 1.29 is 4.39 Å². The summed E-state index contributed by atoms with van der Waals surface area (Å²) in [4.78, 5) is 11.5. The van der Waals surface area contributed by atoms with E-state index in [1.54, 1.807) is 28.3 Å². The lowest BCUT2D eigenvalue weighted by molar-refractivity contribution is 0.446. The van der Waals surface area contributed by atoms with Crippen molar-refractivity contribution in [3.63, 3.8) is 0 Å². The fourth-order valence-corrected chi connectivity index (χ4v) is 32.5. The van der Waals surface area contributed by atoms with Gasteiger partial charge in [-0.25, -0.2) is 4.39 Å². The van der Waals surface area contributed by atoms with Gasteiger partial charge in [0.15, 0.2) is 0 Å². The molecule has 5 aliphatic carbocycles. The average Bonchev–Trinajstić information content (AvgIpc) is 1.61. The topological polar surface area (TPSA) is 16.2 Å². The van der Waals surface area contributed by atoms with Crippen LogP contribution in [-0.2, 0) is 11.8 Å². The summed E-state index contributed by atoms with van der Waals surface area (Å²) in [5.74, 6) is 3.93. The third-order valence-electron chi connectivity index (χ3n) is 33.1. The third kappa shape index (κ3) is 20.3. The van der Waals surface area contributed by atoms with Gasteiger partial charge in [0.1, 0.15) is 5.82 Å². The first-order valence-electron chi connectivity index (χ1n) is 54.8. The van der Waals surface area contributed by atoms with E-state index in [4.69, 9.17) is 0 Å². The van der Waals surface area contributed by atoms with E-state index in [0.717, 1.165) is 35.8 Å². The fourth-order valence-electron chi connectivity index (χ4n) is 25.3. The molecule has 15 aromatic carbocycles. The molecule has 11 heteroatoms. The number of nitrogens with zero attached hydrogens (tertiary/aromatic N) is 5. The molecule has 5 aliphatic rings. The molecular weight excluding hydrogens is 1870 g/mol. The van der Waals surface area contributed by atoms with Crippen molar-refractivity contribution in [2.45, 2.75) is 256 Å². The number of hydrogen-bond acceptors (Lipinski definition) is 10. The van der Waals surface area contributed by atoms with Crippen LogP contribution in [0.25, 0.3) is 101 Å². The van der Waals surface area contributed by atoms with Crippen molar-refractivity contribution in [1.29, 1.82) is 0 Å². The van der Waals surface area contributed by atoms with E-state index in [0.29, 0.717) is 17.5 Å². The summed E-state index contributed by atoms with van der Waals surface area (Å²) < 4.78 is 28.7. The SMILES string of the molecule is CC(C)c1ccccc1N(C)c1cccc2c1sc1c(C3CCCCC3)cccc12.CCc1ccccc1N(C)c1cccc2c1sc1c(C3CCCCC3)cccc12.CN(c1ccccc1C(C)(C)C)c1cccc2c1sc1c(C3CCCCC3)cccc12.CN(c1ccccc1F)c1cccc2c1sc1c(C3CCCCC3)cccc12.Cc1ccccc1N(C)c1cccc2c1sc1c(C3CCCCC3)cccc12. The zero-order valence-electron chi connectivity index (χ0n) is 87.9. The second-order valence-electron chi connectivity index (χ2n) is 43.6.